The van der Waals surface area contributed by atoms with Gasteiger partial charge in [-0.2, -0.15) is 0 Å². The van der Waals surface area contributed by atoms with Crippen molar-refractivity contribution < 1.29 is 18.1 Å². The number of anilines is 1. The molecule has 0 aliphatic rings. The van der Waals surface area contributed by atoms with E-state index < -0.39 is 26.9 Å². The maximum absolute atomic E-state index is 13.2. The first-order valence-corrected chi connectivity index (χ1v) is 12.0. The summed E-state index contributed by atoms with van der Waals surface area (Å²) in [6.07, 6.45) is 1.81. The van der Waals surface area contributed by atoms with E-state index in [0.29, 0.717) is 6.42 Å². The molecule has 31 heavy (non-hydrogen) atoms. The van der Waals surface area contributed by atoms with Gasteiger partial charge in [-0.1, -0.05) is 38.1 Å². The van der Waals surface area contributed by atoms with Crippen LogP contribution in [0, 0.1) is 24.0 Å². The van der Waals surface area contributed by atoms with E-state index in [0.717, 1.165) is 33.3 Å². The molecule has 0 spiro atoms. The van der Waals surface area contributed by atoms with Gasteiger partial charge in [0.15, 0.2) is 0 Å². The molecule has 2 atom stereocenters. The lowest BCUT2D eigenvalue weighted by Gasteiger charge is -2.31. The van der Waals surface area contributed by atoms with Crippen molar-refractivity contribution in [1.82, 2.24) is 5.32 Å². The monoisotopic (exact) mass is 447 g/mol. The second kappa shape index (κ2) is 9.91. The molecule has 0 radical (unpaired) electrons. The predicted molar refractivity (Wildman–Crippen MR) is 122 cm³/mol. The molecule has 2 rings (SSSR count). The van der Waals surface area contributed by atoms with Gasteiger partial charge in [0.25, 0.3) is 5.69 Å². The number of nitro benzene ring substituents is 1. The summed E-state index contributed by atoms with van der Waals surface area (Å²) in [6.45, 7) is 7.65. The Hall–Kier alpha value is -2.94. The molecule has 0 aliphatic carbocycles. The minimum Gasteiger partial charge on any atom is -0.347 e. The highest BCUT2D eigenvalue weighted by molar-refractivity contribution is 7.92. The van der Waals surface area contributed by atoms with Crippen LogP contribution in [0.1, 0.15) is 49.4 Å². The Kier molecular flexibility index (Phi) is 7.78. The van der Waals surface area contributed by atoms with Gasteiger partial charge in [-0.15, -0.1) is 0 Å². The molecule has 1 N–H and O–H groups in total. The van der Waals surface area contributed by atoms with Crippen molar-refractivity contribution in [2.24, 2.45) is 0 Å². The summed E-state index contributed by atoms with van der Waals surface area (Å²) in [5.74, 6) is -0.454. The molecule has 0 saturated carbocycles. The molecule has 1 amide bonds. The summed E-state index contributed by atoms with van der Waals surface area (Å²) in [7, 11) is -3.89. The molecule has 0 unspecified atom stereocenters. The van der Waals surface area contributed by atoms with Gasteiger partial charge in [-0.05, 0) is 49.4 Å². The van der Waals surface area contributed by atoms with Crippen molar-refractivity contribution in [2.75, 3.05) is 10.6 Å². The lowest BCUT2D eigenvalue weighted by atomic mass is 9.99. The molecule has 8 nitrogen and oxygen atoms in total. The van der Waals surface area contributed by atoms with E-state index in [1.807, 2.05) is 39.0 Å². The first-order valence-electron chi connectivity index (χ1n) is 10.1. The number of hydrogen-bond donors (Lipinski definition) is 1. The molecule has 0 aromatic heterocycles. The third-order valence-electron chi connectivity index (χ3n) is 5.28. The molecule has 168 valence electrons. The van der Waals surface area contributed by atoms with Gasteiger partial charge < -0.3 is 5.32 Å². The summed E-state index contributed by atoms with van der Waals surface area (Å²) in [6, 6.07) is 9.92. The molecular weight excluding hydrogens is 418 g/mol. The molecular formula is C22H29N3O5S. The first-order chi connectivity index (χ1) is 14.5. The average Bonchev–Trinajstić information content (AvgIpc) is 2.71. The predicted octanol–water partition coefficient (Wildman–Crippen LogP) is 4.02. The van der Waals surface area contributed by atoms with E-state index in [1.54, 1.807) is 6.92 Å². The van der Waals surface area contributed by atoms with Crippen LogP contribution in [0.4, 0.5) is 11.4 Å². The number of rotatable bonds is 9. The zero-order chi connectivity index (χ0) is 23.3. The number of amides is 1. The van der Waals surface area contributed by atoms with Crippen molar-refractivity contribution in [1.29, 1.82) is 0 Å². The van der Waals surface area contributed by atoms with Crippen LogP contribution < -0.4 is 9.62 Å². The SMILES string of the molecule is CC[C@H](NC(=O)[C@@H](CC)N(c1cccc([N+](=O)[O-])c1)S(C)(=O)=O)c1ccc(C)c(C)c1. The topological polar surface area (TPSA) is 110 Å². The van der Waals surface area contributed by atoms with Gasteiger partial charge in [0, 0.05) is 12.1 Å². The zero-order valence-corrected chi connectivity index (χ0v) is 19.3. The zero-order valence-electron chi connectivity index (χ0n) is 18.5. The molecule has 2 aromatic carbocycles. The van der Waals surface area contributed by atoms with E-state index >= 15 is 0 Å². The summed E-state index contributed by atoms with van der Waals surface area (Å²) in [5.41, 5.74) is 3.02. The maximum Gasteiger partial charge on any atom is 0.271 e. The Labute approximate surface area is 183 Å². The number of carbonyl (C=O) groups is 1. The van der Waals surface area contributed by atoms with Crippen LogP contribution in [0.25, 0.3) is 0 Å². The summed E-state index contributed by atoms with van der Waals surface area (Å²) in [5, 5.41) is 14.1. The van der Waals surface area contributed by atoms with Gasteiger partial charge in [-0.25, -0.2) is 8.42 Å². The molecule has 9 heteroatoms. The second-order valence-corrected chi connectivity index (χ2v) is 9.43. The third-order valence-corrected chi connectivity index (χ3v) is 6.46. The fourth-order valence-corrected chi connectivity index (χ4v) is 4.68. The highest BCUT2D eigenvalue weighted by Gasteiger charge is 2.33. The van der Waals surface area contributed by atoms with Gasteiger partial charge in [0.1, 0.15) is 6.04 Å². The van der Waals surface area contributed by atoms with E-state index in [4.69, 9.17) is 0 Å². The number of non-ortho nitro benzene ring substituents is 1. The van der Waals surface area contributed by atoms with Crippen LogP contribution >= 0.6 is 0 Å². The first kappa shape index (κ1) is 24.3. The van der Waals surface area contributed by atoms with Crippen LogP contribution in [0.15, 0.2) is 42.5 Å². The summed E-state index contributed by atoms with van der Waals surface area (Å²) >= 11 is 0. The van der Waals surface area contributed by atoms with E-state index in [1.165, 1.54) is 18.2 Å². The fourth-order valence-electron chi connectivity index (χ4n) is 3.47. The Morgan fingerprint density at radius 3 is 2.29 bits per heavy atom. The van der Waals surface area contributed by atoms with Crippen LogP contribution in [0.5, 0.6) is 0 Å². The van der Waals surface area contributed by atoms with Crippen molar-refractivity contribution in [3.8, 4) is 0 Å². The van der Waals surface area contributed by atoms with Crippen LogP contribution in [0.2, 0.25) is 0 Å². The van der Waals surface area contributed by atoms with E-state index in [-0.39, 0.29) is 23.8 Å². The number of nitrogens with zero attached hydrogens (tertiary/aromatic N) is 2. The Morgan fingerprint density at radius 2 is 1.77 bits per heavy atom. The van der Waals surface area contributed by atoms with E-state index in [2.05, 4.69) is 5.32 Å². The molecule has 0 bridgehead atoms. The molecule has 0 heterocycles. The van der Waals surface area contributed by atoms with Gasteiger partial charge >= 0.3 is 0 Å². The van der Waals surface area contributed by atoms with Crippen molar-refractivity contribution in [3.63, 3.8) is 0 Å². The fraction of sp³-hybridized carbons (Fsp3) is 0.409. The van der Waals surface area contributed by atoms with Gasteiger partial charge in [0.2, 0.25) is 15.9 Å². The Morgan fingerprint density at radius 1 is 1.10 bits per heavy atom. The summed E-state index contributed by atoms with van der Waals surface area (Å²) < 4.78 is 26.2. The molecule has 0 fully saturated rings. The van der Waals surface area contributed by atoms with Crippen molar-refractivity contribution in [3.05, 3.63) is 69.3 Å². The smallest absolute Gasteiger partial charge is 0.271 e. The highest BCUT2D eigenvalue weighted by atomic mass is 32.2. The van der Waals surface area contributed by atoms with Gasteiger partial charge in [-0.3, -0.25) is 19.2 Å². The number of nitrogens with one attached hydrogen (secondary N) is 1. The van der Waals surface area contributed by atoms with Gasteiger partial charge in [0.05, 0.1) is 22.9 Å². The minimum absolute atomic E-state index is 0.0814. The maximum atomic E-state index is 13.2. The number of benzene rings is 2. The average molecular weight is 448 g/mol. The number of carbonyl (C=O) groups excluding carboxylic acids is 1. The second-order valence-electron chi connectivity index (χ2n) is 7.57. The lowest BCUT2D eigenvalue weighted by Crippen LogP contribution is -2.50. The third kappa shape index (κ3) is 5.81. The van der Waals surface area contributed by atoms with Crippen LogP contribution in [-0.4, -0.2) is 31.5 Å². The molecule has 0 saturated heterocycles. The number of sulfonamides is 1. The molecule has 0 aliphatic heterocycles. The number of hydrogen-bond acceptors (Lipinski definition) is 5. The normalized spacial score (nSPS) is 13.3. The van der Waals surface area contributed by atoms with Crippen molar-refractivity contribution >= 4 is 27.3 Å². The summed E-state index contributed by atoms with van der Waals surface area (Å²) in [4.78, 5) is 23.7. The minimum atomic E-state index is -3.89. The Bertz CT molecular complexity index is 1070. The Balaban J connectivity index is 2.41. The quantitative estimate of drug-likeness (QED) is 0.461. The molecule has 2 aromatic rings. The number of nitro groups is 1. The lowest BCUT2D eigenvalue weighted by molar-refractivity contribution is -0.384. The highest BCUT2D eigenvalue weighted by Crippen LogP contribution is 2.27. The van der Waals surface area contributed by atoms with Crippen molar-refractivity contribution in [2.45, 2.75) is 52.6 Å². The largest absolute Gasteiger partial charge is 0.347 e. The standard InChI is InChI=1S/C22H29N3O5S/c1-6-20(17-12-11-15(3)16(4)13-17)23-22(26)21(7-2)24(31(5,29)30)18-9-8-10-19(14-18)25(27)28/h8-14,20-21H,6-7H2,1-5H3,(H,23,26)/t20-,21+/m0/s1. The van der Waals surface area contributed by atoms with Crippen LogP contribution in [0.3, 0.4) is 0 Å². The van der Waals surface area contributed by atoms with E-state index in [9.17, 15) is 23.3 Å². The number of aryl methyl sites for hydroxylation is 2. The van der Waals surface area contributed by atoms with Crippen LogP contribution in [-0.2, 0) is 14.8 Å².